The van der Waals surface area contributed by atoms with E-state index < -0.39 is 18.4 Å². The summed E-state index contributed by atoms with van der Waals surface area (Å²) in [5, 5.41) is 14.4. The number of ether oxygens (including phenoxy) is 3. The lowest BCUT2D eigenvalue weighted by Crippen LogP contribution is -2.26. The molecule has 1 unspecified atom stereocenters. The van der Waals surface area contributed by atoms with Gasteiger partial charge in [-0.25, -0.2) is 19.7 Å². The van der Waals surface area contributed by atoms with Crippen molar-refractivity contribution in [3.63, 3.8) is 0 Å². The first-order valence-corrected chi connectivity index (χ1v) is 15.5. The Labute approximate surface area is 260 Å². The topological polar surface area (TPSA) is 134 Å². The molecule has 1 aliphatic rings. The van der Waals surface area contributed by atoms with Crippen molar-refractivity contribution in [1.82, 2.24) is 30.2 Å². The number of H-pyrrole nitrogens is 1. The van der Waals surface area contributed by atoms with E-state index in [9.17, 15) is 9.59 Å². The summed E-state index contributed by atoms with van der Waals surface area (Å²) >= 11 is 0. The minimum absolute atomic E-state index is 0.149. The maximum Gasteiger partial charge on any atom is 0.511 e. The number of aromatic nitrogens is 6. The second-order valence-electron chi connectivity index (χ2n) is 11.2. The van der Waals surface area contributed by atoms with Crippen LogP contribution in [0.3, 0.4) is 0 Å². The van der Waals surface area contributed by atoms with E-state index in [0.29, 0.717) is 29.0 Å². The summed E-state index contributed by atoms with van der Waals surface area (Å²) in [7, 11) is 0. The zero-order chi connectivity index (χ0) is 31.2. The third-order valence-corrected chi connectivity index (χ3v) is 8.02. The first-order chi connectivity index (χ1) is 22.0. The van der Waals surface area contributed by atoms with Gasteiger partial charge in [0.25, 0.3) is 0 Å². The Morgan fingerprint density at radius 2 is 1.73 bits per heavy atom. The number of carbonyl (C=O) groups excluding carboxylic acids is 2. The van der Waals surface area contributed by atoms with Gasteiger partial charge in [0.05, 0.1) is 16.6 Å². The first kappa shape index (κ1) is 30.0. The van der Waals surface area contributed by atoms with Gasteiger partial charge in [-0.1, -0.05) is 67.9 Å². The number of tetrazole rings is 1. The normalized spacial score (nSPS) is 14.3. The maximum absolute atomic E-state index is 13.4. The van der Waals surface area contributed by atoms with Crippen molar-refractivity contribution in [2.45, 2.75) is 77.7 Å². The van der Waals surface area contributed by atoms with Crippen LogP contribution in [-0.2, 0) is 27.2 Å². The number of carbonyl (C=O) groups is 2. The van der Waals surface area contributed by atoms with Gasteiger partial charge in [-0.15, -0.1) is 5.10 Å². The number of aryl methyl sites for hydroxylation is 1. The standard InChI is InChI=1S/C34H36N6O5/c1-3-10-30-35-29-16-9-15-28(33(41)43-22(2)44-34(42)45-25-11-5-4-6-12-25)31(29)40(30)21-23-17-19-24(20-18-23)26-13-7-8-14-27(26)32-36-38-39-37-32/h7-9,13-20,22,25H,3-6,10-12,21H2,1-2H3,(H,36,37,38,39). The molecular weight excluding hydrogens is 572 g/mol. The van der Waals surface area contributed by atoms with Crippen LogP contribution in [0.25, 0.3) is 33.5 Å². The molecule has 1 N–H and O–H groups in total. The summed E-state index contributed by atoms with van der Waals surface area (Å²) in [6.07, 6.45) is 4.40. The molecule has 1 atom stereocenters. The molecule has 2 heterocycles. The zero-order valence-electron chi connectivity index (χ0n) is 25.4. The second-order valence-corrected chi connectivity index (χ2v) is 11.2. The van der Waals surface area contributed by atoms with Gasteiger partial charge in [-0.3, -0.25) is 0 Å². The Kier molecular flexibility index (Phi) is 9.14. The summed E-state index contributed by atoms with van der Waals surface area (Å²) < 4.78 is 18.3. The van der Waals surface area contributed by atoms with Crippen LogP contribution in [-0.4, -0.2) is 54.7 Å². The quantitative estimate of drug-likeness (QED) is 0.133. The Balaban J connectivity index is 1.22. The SMILES string of the molecule is CCCc1nc2cccc(C(=O)OC(C)OC(=O)OC3CCCCC3)c2n1Cc1ccc(-c2ccccc2-c2nnn[nH]2)cc1. The molecule has 1 saturated carbocycles. The number of aromatic amines is 1. The van der Waals surface area contributed by atoms with Gasteiger partial charge in [0.1, 0.15) is 11.9 Å². The smallest absolute Gasteiger partial charge is 0.431 e. The van der Waals surface area contributed by atoms with Gasteiger partial charge in [0, 0.05) is 25.5 Å². The van der Waals surface area contributed by atoms with Crippen molar-refractivity contribution in [1.29, 1.82) is 0 Å². The highest BCUT2D eigenvalue weighted by Gasteiger charge is 2.24. The van der Waals surface area contributed by atoms with Gasteiger partial charge in [-0.2, -0.15) is 0 Å². The molecule has 1 aliphatic carbocycles. The van der Waals surface area contributed by atoms with Gasteiger partial charge in [0.2, 0.25) is 6.29 Å². The van der Waals surface area contributed by atoms with Crippen LogP contribution in [0.2, 0.25) is 0 Å². The fourth-order valence-corrected chi connectivity index (χ4v) is 5.89. The lowest BCUT2D eigenvalue weighted by Gasteiger charge is -2.22. The van der Waals surface area contributed by atoms with Crippen LogP contribution >= 0.6 is 0 Å². The Bertz CT molecular complexity index is 1760. The highest BCUT2D eigenvalue weighted by molar-refractivity contribution is 6.02. The van der Waals surface area contributed by atoms with E-state index in [1.54, 1.807) is 12.1 Å². The molecule has 45 heavy (non-hydrogen) atoms. The van der Waals surface area contributed by atoms with E-state index in [1.807, 2.05) is 30.3 Å². The summed E-state index contributed by atoms with van der Waals surface area (Å²) in [5.41, 5.74) is 5.70. The van der Waals surface area contributed by atoms with Crippen molar-refractivity contribution in [2.75, 3.05) is 0 Å². The summed E-state index contributed by atoms with van der Waals surface area (Å²) in [4.78, 5) is 30.6. The zero-order valence-corrected chi connectivity index (χ0v) is 25.4. The van der Waals surface area contributed by atoms with Crippen molar-refractivity contribution in [3.05, 3.63) is 83.7 Å². The van der Waals surface area contributed by atoms with Crippen molar-refractivity contribution >= 4 is 23.2 Å². The number of nitrogens with zero attached hydrogens (tertiary/aromatic N) is 5. The number of imidazole rings is 1. The maximum atomic E-state index is 13.4. The summed E-state index contributed by atoms with van der Waals surface area (Å²) in [6, 6.07) is 21.6. The van der Waals surface area contributed by atoms with E-state index in [0.717, 1.165) is 73.0 Å². The summed E-state index contributed by atoms with van der Waals surface area (Å²) in [5.74, 6) is 0.876. The molecule has 3 aromatic carbocycles. The second kappa shape index (κ2) is 13.7. The third-order valence-electron chi connectivity index (χ3n) is 8.02. The molecule has 6 rings (SSSR count). The molecule has 0 saturated heterocycles. The van der Waals surface area contributed by atoms with Crippen LogP contribution in [0, 0.1) is 0 Å². The minimum atomic E-state index is -1.11. The average molecular weight is 609 g/mol. The molecule has 0 radical (unpaired) electrons. The number of benzene rings is 3. The minimum Gasteiger partial charge on any atom is -0.431 e. The van der Waals surface area contributed by atoms with Crippen molar-refractivity contribution in [3.8, 4) is 22.5 Å². The molecule has 11 nitrogen and oxygen atoms in total. The number of fused-ring (bicyclic) bond motifs is 1. The number of nitrogens with one attached hydrogen (secondary N) is 1. The number of hydrogen-bond donors (Lipinski definition) is 1. The molecule has 1 fully saturated rings. The van der Waals surface area contributed by atoms with Gasteiger partial charge < -0.3 is 18.8 Å². The molecule has 5 aromatic rings. The number of para-hydroxylation sites is 1. The third kappa shape index (κ3) is 6.87. The summed E-state index contributed by atoms with van der Waals surface area (Å²) in [6.45, 7) is 4.11. The van der Waals surface area contributed by atoms with E-state index in [-0.39, 0.29) is 6.10 Å². The highest BCUT2D eigenvalue weighted by Crippen LogP contribution is 2.31. The molecule has 0 bridgehead atoms. The largest absolute Gasteiger partial charge is 0.511 e. The molecule has 0 amide bonds. The Morgan fingerprint density at radius 3 is 2.47 bits per heavy atom. The van der Waals surface area contributed by atoms with Crippen LogP contribution in [0.15, 0.2) is 66.7 Å². The number of esters is 1. The highest BCUT2D eigenvalue weighted by atomic mass is 16.8. The molecule has 11 heteroatoms. The van der Waals surface area contributed by atoms with Gasteiger partial charge in [0.15, 0.2) is 5.82 Å². The molecule has 2 aromatic heterocycles. The van der Waals surface area contributed by atoms with E-state index in [1.165, 1.54) is 6.92 Å². The fraction of sp³-hybridized carbons (Fsp3) is 0.353. The molecular formula is C34H36N6O5. The van der Waals surface area contributed by atoms with Crippen LogP contribution in [0.4, 0.5) is 4.79 Å². The van der Waals surface area contributed by atoms with E-state index in [2.05, 4.69) is 56.4 Å². The Hall–Kier alpha value is -5.06. The van der Waals surface area contributed by atoms with Crippen LogP contribution in [0.5, 0.6) is 0 Å². The average Bonchev–Trinajstić information content (AvgIpc) is 3.71. The van der Waals surface area contributed by atoms with Crippen molar-refractivity contribution < 1.29 is 23.8 Å². The molecule has 232 valence electrons. The molecule has 0 aliphatic heterocycles. The van der Waals surface area contributed by atoms with E-state index >= 15 is 0 Å². The lowest BCUT2D eigenvalue weighted by atomic mass is 9.98. The monoisotopic (exact) mass is 608 g/mol. The predicted molar refractivity (Wildman–Crippen MR) is 167 cm³/mol. The van der Waals surface area contributed by atoms with Crippen molar-refractivity contribution in [2.24, 2.45) is 0 Å². The Morgan fingerprint density at radius 1 is 0.956 bits per heavy atom. The van der Waals surface area contributed by atoms with E-state index in [4.69, 9.17) is 19.2 Å². The molecule has 0 spiro atoms. The van der Waals surface area contributed by atoms with Crippen LogP contribution < -0.4 is 0 Å². The van der Waals surface area contributed by atoms with Gasteiger partial charge in [-0.05, 0) is 71.4 Å². The number of rotatable bonds is 10. The van der Waals surface area contributed by atoms with Crippen LogP contribution in [0.1, 0.15) is 74.1 Å². The fourth-order valence-electron chi connectivity index (χ4n) is 5.89. The first-order valence-electron chi connectivity index (χ1n) is 15.5. The predicted octanol–water partition coefficient (Wildman–Crippen LogP) is 6.87. The lowest BCUT2D eigenvalue weighted by molar-refractivity contribution is -0.0914. The van der Waals surface area contributed by atoms with Gasteiger partial charge >= 0.3 is 12.1 Å². The number of hydrogen-bond acceptors (Lipinski definition) is 9.